The molecular formula is C21H23ClN2O3. The zero-order valence-corrected chi connectivity index (χ0v) is 16.4. The van der Waals surface area contributed by atoms with E-state index in [1.54, 1.807) is 13.2 Å². The quantitative estimate of drug-likeness (QED) is 0.625. The summed E-state index contributed by atoms with van der Waals surface area (Å²) in [5.74, 6) is 0.655. The van der Waals surface area contributed by atoms with E-state index in [1.165, 1.54) is 6.07 Å². The summed E-state index contributed by atoms with van der Waals surface area (Å²) in [5.41, 5.74) is 2.11. The van der Waals surface area contributed by atoms with Crippen molar-refractivity contribution in [2.45, 2.75) is 12.6 Å². The Morgan fingerprint density at radius 3 is 2.67 bits per heavy atom. The summed E-state index contributed by atoms with van der Waals surface area (Å²) in [7, 11) is 5.63. The molecule has 1 atom stereocenters. The highest BCUT2D eigenvalue weighted by molar-refractivity contribution is 6.31. The van der Waals surface area contributed by atoms with Gasteiger partial charge in [-0.05, 0) is 43.4 Å². The molecule has 6 heteroatoms. The number of likely N-dealkylation sites (N-methyl/N-ethyl adjacent to an activating group) is 1. The van der Waals surface area contributed by atoms with Crippen molar-refractivity contribution in [3.63, 3.8) is 0 Å². The van der Waals surface area contributed by atoms with Crippen LogP contribution in [0.2, 0.25) is 5.02 Å². The maximum Gasteiger partial charge on any atom is 0.336 e. The molecule has 1 heterocycles. The standard InChI is InChI=1S/C21H23ClN2O3/c1-24(2)19(17-6-4-5-7-18(17)22)13-23-12-14-10-21(25)27-20-11-15(26-3)8-9-16(14)20/h4-11,19,23H,12-13H2,1-3H3/t19-/m0/s1. The summed E-state index contributed by atoms with van der Waals surface area (Å²) >= 11 is 6.37. The van der Waals surface area contributed by atoms with Gasteiger partial charge in [0.2, 0.25) is 0 Å². The highest BCUT2D eigenvalue weighted by Crippen LogP contribution is 2.26. The molecule has 5 nitrogen and oxygen atoms in total. The predicted molar refractivity (Wildman–Crippen MR) is 109 cm³/mol. The molecule has 0 saturated carbocycles. The minimum atomic E-state index is -0.372. The fourth-order valence-corrected chi connectivity index (χ4v) is 3.40. The average Bonchev–Trinajstić information content (AvgIpc) is 2.65. The highest BCUT2D eigenvalue weighted by atomic mass is 35.5. The van der Waals surface area contributed by atoms with Gasteiger partial charge in [-0.3, -0.25) is 0 Å². The number of nitrogens with one attached hydrogen (secondary N) is 1. The lowest BCUT2D eigenvalue weighted by Gasteiger charge is -2.26. The summed E-state index contributed by atoms with van der Waals surface area (Å²) in [4.78, 5) is 14.0. The Morgan fingerprint density at radius 2 is 1.96 bits per heavy atom. The van der Waals surface area contributed by atoms with Crippen LogP contribution >= 0.6 is 11.6 Å². The van der Waals surface area contributed by atoms with Crippen molar-refractivity contribution in [3.8, 4) is 5.75 Å². The first-order chi connectivity index (χ1) is 13.0. The first-order valence-corrected chi connectivity index (χ1v) is 9.09. The molecule has 1 aromatic heterocycles. The number of hydrogen-bond donors (Lipinski definition) is 1. The number of methoxy groups -OCH3 is 1. The second-order valence-corrected chi connectivity index (χ2v) is 6.99. The Labute approximate surface area is 163 Å². The van der Waals surface area contributed by atoms with Crippen LogP contribution in [0.1, 0.15) is 17.2 Å². The summed E-state index contributed by atoms with van der Waals surface area (Å²) in [5, 5.41) is 5.08. The Kier molecular flexibility index (Phi) is 6.16. The molecule has 2 aromatic carbocycles. The van der Waals surface area contributed by atoms with Crippen LogP contribution in [0.5, 0.6) is 5.75 Å². The third-order valence-corrected chi connectivity index (χ3v) is 4.92. The van der Waals surface area contributed by atoms with Gasteiger partial charge in [0, 0.05) is 41.7 Å². The summed E-state index contributed by atoms with van der Waals surface area (Å²) < 4.78 is 10.5. The molecule has 3 rings (SSSR count). The van der Waals surface area contributed by atoms with Crippen LogP contribution in [-0.4, -0.2) is 32.6 Å². The zero-order valence-electron chi connectivity index (χ0n) is 15.7. The van der Waals surface area contributed by atoms with Crippen LogP contribution in [0, 0.1) is 0 Å². The maximum absolute atomic E-state index is 11.9. The van der Waals surface area contributed by atoms with Crippen molar-refractivity contribution in [1.29, 1.82) is 0 Å². The lowest BCUT2D eigenvalue weighted by Crippen LogP contribution is -2.31. The topological polar surface area (TPSA) is 54.7 Å². The third kappa shape index (κ3) is 4.50. The monoisotopic (exact) mass is 386 g/mol. The smallest absolute Gasteiger partial charge is 0.336 e. The van der Waals surface area contributed by atoms with Gasteiger partial charge in [0.1, 0.15) is 11.3 Å². The van der Waals surface area contributed by atoms with E-state index in [9.17, 15) is 4.79 Å². The van der Waals surface area contributed by atoms with E-state index in [0.29, 0.717) is 24.4 Å². The number of ether oxygens (including phenoxy) is 1. The summed E-state index contributed by atoms with van der Waals surface area (Å²) in [6, 6.07) is 15.0. The molecule has 0 radical (unpaired) electrons. The van der Waals surface area contributed by atoms with Crippen molar-refractivity contribution in [3.05, 3.63) is 75.1 Å². The van der Waals surface area contributed by atoms with E-state index in [1.807, 2.05) is 50.5 Å². The van der Waals surface area contributed by atoms with Crippen LogP contribution in [0.25, 0.3) is 11.0 Å². The molecule has 142 valence electrons. The van der Waals surface area contributed by atoms with Gasteiger partial charge in [-0.2, -0.15) is 0 Å². The Balaban J connectivity index is 1.80. The van der Waals surface area contributed by atoms with Gasteiger partial charge < -0.3 is 19.4 Å². The van der Waals surface area contributed by atoms with Gasteiger partial charge in [-0.25, -0.2) is 4.79 Å². The van der Waals surface area contributed by atoms with E-state index in [4.69, 9.17) is 20.8 Å². The van der Waals surface area contributed by atoms with E-state index in [-0.39, 0.29) is 11.7 Å². The van der Waals surface area contributed by atoms with E-state index < -0.39 is 0 Å². The largest absolute Gasteiger partial charge is 0.497 e. The normalized spacial score (nSPS) is 12.5. The Morgan fingerprint density at radius 1 is 1.19 bits per heavy atom. The van der Waals surface area contributed by atoms with Gasteiger partial charge in [0.05, 0.1) is 7.11 Å². The Bertz CT molecular complexity index is 985. The van der Waals surface area contributed by atoms with Crippen molar-refractivity contribution in [1.82, 2.24) is 10.2 Å². The molecule has 0 spiro atoms. The molecular weight excluding hydrogens is 364 g/mol. The van der Waals surface area contributed by atoms with E-state index in [0.717, 1.165) is 21.5 Å². The number of nitrogens with zero attached hydrogens (tertiary/aromatic N) is 1. The lowest BCUT2D eigenvalue weighted by atomic mass is 10.1. The molecule has 1 N–H and O–H groups in total. The second-order valence-electron chi connectivity index (χ2n) is 6.58. The highest BCUT2D eigenvalue weighted by Gasteiger charge is 2.17. The van der Waals surface area contributed by atoms with Gasteiger partial charge >= 0.3 is 5.63 Å². The zero-order chi connectivity index (χ0) is 19.4. The molecule has 3 aromatic rings. The van der Waals surface area contributed by atoms with Crippen molar-refractivity contribution in [2.24, 2.45) is 0 Å². The fourth-order valence-electron chi connectivity index (χ4n) is 3.14. The predicted octanol–water partition coefficient (Wildman–Crippen LogP) is 3.85. The molecule has 0 aliphatic carbocycles. The van der Waals surface area contributed by atoms with Crippen molar-refractivity contribution < 1.29 is 9.15 Å². The fraction of sp³-hybridized carbons (Fsp3) is 0.286. The van der Waals surface area contributed by atoms with Crippen molar-refractivity contribution >= 4 is 22.6 Å². The maximum atomic E-state index is 11.9. The molecule has 0 unspecified atom stereocenters. The molecule has 0 fully saturated rings. The molecule has 0 bridgehead atoms. The third-order valence-electron chi connectivity index (χ3n) is 4.58. The molecule has 0 aliphatic heterocycles. The minimum absolute atomic E-state index is 0.116. The van der Waals surface area contributed by atoms with Crippen molar-refractivity contribution in [2.75, 3.05) is 27.7 Å². The summed E-state index contributed by atoms with van der Waals surface area (Å²) in [6.45, 7) is 1.23. The van der Waals surface area contributed by atoms with E-state index >= 15 is 0 Å². The first-order valence-electron chi connectivity index (χ1n) is 8.72. The van der Waals surface area contributed by atoms with E-state index in [2.05, 4.69) is 10.2 Å². The van der Waals surface area contributed by atoms with Crippen LogP contribution in [-0.2, 0) is 6.54 Å². The molecule has 0 aliphatic rings. The van der Waals surface area contributed by atoms with Crippen LogP contribution in [0.15, 0.2) is 57.7 Å². The number of fused-ring (bicyclic) bond motifs is 1. The van der Waals surface area contributed by atoms with Gasteiger partial charge in [-0.1, -0.05) is 29.8 Å². The second kappa shape index (κ2) is 8.57. The number of halogens is 1. The van der Waals surface area contributed by atoms with Gasteiger partial charge in [-0.15, -0.1) is 0 Å². The van der Waals surface area contributed by atoms with Gasteiger partial charge in [0.25, 0.3) is 0 Å². The average molecular weight is 387 g/mol. The molecule has 27 heavy (non-hydrogen) atoms. The first kappa shape index (κ1) is 19.4. The number of hydrogen-bond acceptors (Lipinski definition) is 5. The van der Waals surface area contributed by atoms with Crippen LogP contribution in [0.3, 0.4) is 0 Å². The lowest BCUT2D eigenvalue weighted by molar-refractivity contribution is 0.288. The Hall–Kier alpha value is -2.34. The number of benzene rings is 2. The van der Waals surface area contributed by atoms with Gasteiger partial charge in [0.15, 0.2) is 0 Å². The number of rotatable bonds is 7. The summed E-state index contributed by atoms with van der Waals surface area (Å²) in [6.07, 6.45) is 0. The minimum Gasteiger partial charge on any atom is -0.497 e. The molecule has 0 amide bonds. The van der Waals surface area contributed by atoms with Crippen LogP contribution < -0.4 is 15.7 Å². The SMILES string of the molecule is COc1ccc2c(CNC[C@@H](c3ccccc3Cl)N(C)C)cc(=O)oc2c1. The van der Waals surface area contributed by atoms with Crippen LogP contribution in [0.4, 0.5) is 0 Å². The molecule has 0 saturated heterocycles.